The van der Waals surface area contributed by atoms with E-state index in [0.717, 1.165) is 0 Å². The van der Waals surface area contributed by atoms with Crippen molar-refractivity contribution in [2.24, 2.45) is 4.99 Å². The molecule has 2 aliphatic heterocycles. The Hall–Kier alpha value is -3.82. The monoisotopic (exact) mass is 386 g/mol. The maximum Gasteiger partial charge on any atom is 0.354 e. The highest BCUT2D eigenvalue weighted by molar-refractivity contribution is 6.41. The van der Waals surface area contributed by atoms with Crippen molar-refractivity contribution in [1.82, 2.24) is 0 Å². The van der Waals surface area contributed by atoms with Crippen LogP contribution in [-0.2, 0) is 20.8 Å². The molecule has 10 heteroatoms. The third-order valence-electron chi connectivity index (χ3n) is 4.46. The topological polar surface area (TPSA) is 174 Å². The zero-order chi connectivity index (χ0) is 20.6. The molecule has 0 radical (unpaired) electrons. The fraction of sp³-hybridized carbons (Fsp3) is 0.222. The van der Waals surface area contributed by atoms with Gasteiger partial charge >= 0.3 is 5.97 Å². The molecule has 0 amide bonds. The molecule has 0 saturated heterocycles. The van der Waals surface area contributed by atoms with E-state index in [9.17, 15) is 34.8 Å². The van der Waals surface area contributed by atoms with Crippen LogP contribution >= 0.6 is 0 Å². The summed E-state index contributed by atoms with van der Waals surface area (Å²) in [6.07, 6.45) is 3.75. The van der Waals surface area contributed by atoms with E-state index in [1.807, 2.05) is 0 Å². The van der Waals surface area contributed by atoms with E-state index in [1.54, 1.807) is 0 Å². The Morgan fingerprint density at radius 3 is 2.39 bits per heavy atom. The number of carbonyl (C=O) groups excluding carboxylic acids is 2. The predicted molar refractivity (Wildman–Crippen MR) is 90.5 cm³/mol. The molecule has 2 atom stereocenters. The van der Waals surface area contributed by atoms with Crippen molar-refractivity contribution in [2.75, 3.05) is 4.90 Å². The molecule has 10 nitrogen and oxygen atoms in total. The highest BCUT2D eigenvalue weighted by Gasteiger charge is 2.30. The molecule has 28 heavy (non-hydrogen) atoms. The molecule has 0 spiro atoms. The Labute approximate surface area is 158 Å². The number of phenols is 2. The third-order valence-corrected chi connectivity index (χ3v) is 4.46. The molecule has 3 rings (SSSR count). The smallest absolute Gasteiger partial charge is 0.354 e. The summed E-state index contributed by atoms with van der Waals surface area (Å²) in [5.41, 5.74) is 0.615. The number of rotatable bonds is 5. The number of carboxylic acid groups (broad SMARTS) is 3. The number of allylic oxidation sites excluding steroid dienone is 1. The van der Waals surface area contributed by atoms with Crippen molar-refractivity contribution in [2.45, 2.75) is 24.9 Å². The van der Waals surface area contributed by atoms with E-state index in [2.05, 4.69) is 4.99 Å². The summed E-state index contributed by atoms with van der Waals surface area (Å²) >= 11 is 0. The Morgan fingerprint density at radius 2 is 1.79 bits per heavy atom. The van der Waals surface area contributed by atoms with Crippen LogP contribution in [0.1, 0.15) is 12.0 Å². The minimum atomic E-state index is -1.53. The minimum absolute atomic E-state index is 0.0123. The Morgan fingerprint density at radius 1 is 1.11 bits per heavy atom. The summed E-state index contributed by atoms with van der Waals surface area (Å²) in [6, 6.07) is -0.0579. The van der Waals surface area contributed by atoms with Gasteiger partial charge in [0.15, 0.2) is 11.5 Å². The summed E-state index contributed by atoms with van der Waals surface area (Å²) in [7, 11) is 0. The average Bonchev–Trinajstić information content (AvgIpc) is 2.97. The second kappa shape index (κ2) is 7.06. The van der Waals surface area contributed by atoms with Crippen molar-refractivity contribution >= 4 is 29.3 Å². The number of dihydropyridines is 1. The molecule has 1 aromatic rings. The second-order valence-electron chi connectivity index (χ2n) is 6.31. The largest absolute Gasteiger partial charge is 0.548 e. The number of carbonyl (C=O) groups is 3. The molecular formula is C18H14N2O8-2. The summed E-state index contributed by atoms with van der Waals surface area (Å²) in [5.74, 6) is -5.16. The first-order valence-electron chi connectivity index (χ1n) is 8.12. The lowest BCUT2D eigenvalue weighted by Crippen LogP contribution is -2.44. The van der Waals surface area contributed by atoms with Gasteiger partial charge in [-0.1, -0.05) is 0 Å². The standard InChI is InChI=1S/C18H16N2O8/c21-14-6-9-5-13(18(27)28)20(12(9)7-15(14)22)2-1-8-3-10(16(23)24)19-11(4-8)17(25)26/h1-3,6-7,11,13,21-22H,4-5H2,(H,23,24)(H,25,26)(H,27,28)/p-2/b2-1+/t11-,13-/m0/s1. The number of aliphatic imine (C=N–C) groups is 1. The zero-order valence-corrected chi connectivity index (χ0v) is 14.2. The van der Waals surface area contributed by atoms with E-state index in [4.69, 9.17) is 5.11 Å². The lowest BCUT2D eigenvalue weighted by atomic mass is 10.0. The summed E-state index contributed by atoms with van der Waals surface area (Å²) < 4.78 is 0. The van der Waals surface area contributed by atoms with Crippen molar-refractivity contribution in [3.05, 3.63) is 41.6 Å². The zero-order valence-electron chi connectivity index (χ0n) is 14.2. The van der Waals surface area contributed by atoms with E-state index >= 15 is 0 Å². The first kappa shape index (κ1) is 19.0. The predicted octanol–water partition coefficient (Wildman–Crippen LogP) is -1.93. The van der Waals surface area contributed by atoms with Gasteiger partial charge in [-0.3, -0.25) is 4.99 Å². The first-order chi connectivity index (χ1) is 13.2. The van der Waals surface area contributed by atoms with Gasteiger partial charge in [0, 0.05) is 30.8 Å². The van der Waals surface area contributed by atoms with Gasteiger partial charge in [0.05, 0.1) is 24.0 Å². The van der Waals surface area contributed by atoms with Crippen LogP contribution in [0.3, 0.4) is 0 Å². The Bertz CT molecular complexity index is 963. The van der Waals surface area contributed by atoms with Crippen LogP contribution in [0.15, 0.2) is 41.1 Å². The normalized spacial score (nSPS) is 21.2. The number of aliphatic carboxylic acids is 3. The Balaban J connectivity index is 1.95. The van der Waals surface area contributed by atoms with Crippen LogP contribution in [0.5, 0.6) is 11.5 Å². The number of hydrogen-bond acceptors (Lipinski definition) is 9. The van der Waals surface area contributed by atoms with Crippen LogP contribution in [0.25, 0.3) is 0 Å². The van der Waals surface area contributed by atoms with Gasteiger partial charge in [-0.2, -0.15) is 0 Å². The molecule has 0 aromatic heterocycles. The number of anilines is 1. The van der Waals surface area contributed by atoms with E-state index < -0.39 is 47.2 Å². The van der Waals surface area contributed by atoms with Crippen LogP contribution < -0.4 is 15.1 Å². The van der Waals surface area contributed by atoms with E-state index in [0.29, 0.717) is 11.3 Å². The average molecular weight is 386 g/mol. The highest BCUT2D eigenvalue weighted by atomic mass is 16.4. The molecule has 1 aromatic carbocycles. The molecule has 2 aliphatic rings. The number of nitrogens with zero attached hydrogens (tertiary/aromatic N) is 2. The van der Waals surface area contributed by atoms with E-state index in [1.165, 1.54) is 35.4 Å². The van der Waals surface area contributed by atoms with Gasteiger partial charge in [0.1, 0.15) is 5.71 Å². The lowest BCUT2D eigenvalue weighted by Gasteiger charge is -2.25. The van der Waals surface area contributed by atoms with Gasteiger partial charge in [0.2, 0.25) is 0 Å². The van der Waals surface area contributed by atoms with Crippen LogP contribution in [-0.4, -0.2) is 51.0 Å². The van der Waals surface area contributed by atoms with Crippen LogP contribution in [0.2, 0.25) is 0 Å². The lowest BCUT2D eigenvalue weighted by molar-refractivity contribution is -0.308. The molecule has 0 bridgehead atoms. The summed E-state index contributed by atoms with van der Waals surface area (Å²) in [5, 5.41) is 51.0. The van der Waals surface area contributed by atoms with Gasteiger partial charge in [-0.25, -0.2) is 4.79 Å². The molecule has 0 saturated carbocycles. The summed E-state index contributed by atoms with van der Waals surface area (Å²) in [6.45, 7) is 0. The number of carboxylic acids is 3. The summed E-state index contributed by atoms with van der Waals surface area (Å²) in [4.78, 5) is 38.6. The number of aromatic hydroxyl groups is 2. The van der Waals surface area contributed by atoms with Crippen molar-refractivity contribution < 1.29 is 39.9 Å². The number of fused-ring (bicyclic) bond motifs is 1. The van der Waals surface area contributed by atoms with Crippen molar-refractivity contribution in [3.63, 3.8) is 0 Å². The number of benzene rings is 1. The maximum atomic E-state index is 11.5. The molecule has 2 heterocycles. The molecule has 0 aliphatic carbocycles. The molecule has 146 valence electrons. The number of hydrogen-bond donors (Lipinski definition) is 3. The van der Waals surface area contributed by atoms with Gasteiger partial charge in [-0.15, -0.1) is 0 Å². The second-order valence-corrected chi connectivity index (χ2v) is 6.31. The van der Waals surface area contributed by atoms with Crippen molar-refractivity contribution in [1.29, 1.82) is 0 Å². The highest BCUT2D eigenvalue weighted by Crippen LogP contribution is 2.40. The van der Waals surface area contributed by atoms with Gasteiger partial charge in [0.25, 0.3) is 0 Å². The maximum absolute atomic E-state index is 11.5. The SMILES string of the molecule is O=C(O)C1=N[C@H](C(=O)[O-])CC(/C=C/N2c3cc(O)c(O)cc3C[C@H]2C(=O)[O-])=C1. The first-order valence-corrected chi connectivity index (χ1v) is 8.12. The fourth-order valence-electron chi connectivity index (χ4n) is 3.12. The molecule has 0 fully saturated rings. The van der Waals surface area contributed by atoms with Crippen LogP contribution in [0, 0.1) is 0 Å². The minimum Gasteiger partial charge on any atom is -0.548 e. The third kappa shape index (κ3) is 3.52. The van der Waals surface area contributed by atoms with Gasteiger partial charge < -0.3 is 40.0 Å². The van der Waals surface area contributed by atoms with Crippen molar-refractivity contribution in [3.8, 4) is 11.5 Å². The quantitative estimate of drug-likeness (QED) is 0.487. The molecule has 0 unspecified atom stereocenters. The van der Waals surface area contributed by atoms with Crippen LogP contribution in [0.4, 0.5) is 5.69 Å². The van der Waals surface area contributed by atoms with E-state index in [-0.39, 0.29) is 18.4 Å². The number of phenolic OH excluding ortho intramolecular Hbond substituents is 2. The molecular weight excluding hydrogens is 372 g/mol. The molecule has 3 N–H and O–H groups in total. The Kier molecular flexibility index (Phi) is 4.78. The fourth-order valence-corrected chi connectivity index (χ4v) is 3.12. The van der Waals surface area contributed by atoms with Gasteiger partial charge in [-0.05, 0) is 29.4 Å².